The van der Waals surface area contributed by atoms with Crippen LogP contribution in [0.25, 0.3) is 0 Å². The number of hydrogen-bond donors (Lipinski definition) is 1. The highest BCUT2D eigenvalue weighted by Crippen LogP contribution is 2.15. The first-order valence-corrected chi connectivity index (χ1v) is 8.25. The normalized spacial score (nSPS) is 22.3. The van der Waals surface area contributed by atoms with Crippen molar-refractivity contribution >= 4 is 0 Å². The zero-order chi connectivity index (χ0) is 14.1. The lowest BCUT2D eigenvalue weighted by Gasteiger charge is -2.26. The SMILES string of the molecule is CCCCCC(C)NCCN(C)CC1CCCN1C. The summed E-state index contributed by atoms with van der Waals surface area (Å²) in [7, 11) is 4.52. The molecule has 1 aliphatic rings. The molecule has 0 bridgehead atoms. The Hall–Kier alpha value is -0.120. The lowest BCUT2D eigenvalue weighted by molar-refractivity contribution is 0.219. The maximum Gasteiger partial charge on any atom is 0.0220 e. The van der Waals surface area contributed by atoms with E-state index in [4.69, 9.17) is 0 Å². The Labute approximate surface area is 120 Å². The molecule has 3 heteroatoms. The molecule has 0 aromatic heterocycles. The molecule has 114 valence electrons. The quantitative estimate of drug-likeness (QED) is 0.615. The third-order valence-electron chi connectivity index (χ3n) is 4.42. The van der Waals surface area contributed by atoms with Gasteiger partial charge in [-0.25, -0.2) is 0 Å². The molecule has 2 atom stereocenters. The fourth-order valence-electron chi connectivity index (χ4n) is 2.97. The van der Waals surface area contributed by atoms with Crippen LogP contribution in [0.5, 0.6) is 0 Å². The Morgan fingerprint density at radius 1 is 1.37 bits per heavy atom. The van der Waals surface area contributed by atoms with Gasteiger partial charge in [-0.15, -0.1) is 0 Å². The minimum absolute atomic E-state index is 0.675. The second kappa shape index (κ2) is 9.73. The number of nitrogens with one attached hydrogen (secondary N) is 1. The van der Waals surface area contributed by atoms with Crippen LogP contribution in [-0.4, -0.2) is 62.2 Å². The van der Waals surface area contributed by atoms with E-state index in [2.05, 4.69) is 43.1 Å². The monoisotopic (exact) mass is 269 g/mol. The number of nitrogens with zero attached hydrogens (tertiary/aromatic N) is 2. The lowest BCUT2D eigenvalue weighted by Crippen LogP contribution is -2.40. The number of unbranched alkanes of at least 4 members (excludes halogenated alkanes) is 2. The first kappa shape index (κ1) is 16.9. The molecule has 0 saturated carbocycles. The molecule has 1 aliphatic heterocycles. The molecule has 0 spiro atoms. The molecule has 0 radical (unpaired) electrons. The van der Waals surface area contributed by atoms with Crippen molar-refractivity contribution in [2.24, 2.45) is 0 Å². The molecule has 0 amide bonds. The van der Waals surface area contributed by atoms with E-state index < -0.39 is 0 Å². The fraction of sp³-hybridized carbons (Fsp3) is 1.00. The van der Waals surface area contributed by atoms with Gasteiger partial charge in [-0.05, 0) is 46.8 Å². The predicted octanol–water partition coefficient (Wildman–Crippen LogP) is 2.57. The standard InChI is InChI=1S/C16H35N3/c1-5-6-7-9-15(2)17-11-13-18(3)14-16-10-8-12-19(16)4/h15-17H,5-14H2,1-4H3. The Balaban J connectivity index is 2.01. The molecular formula is C16H35N3. The van der Waals surface area contributed by atoms with Gasteiger partial charge in [0, 0.05) is 31.7 Å². The number of hydrogen-bond acceptors (Lipinski definition) is 3. The lowest BCUT2D eigenvalue weighted by atomic mass is 10.1. The molecule has 1 saturated heterocycles. The summed E-state index contributed by atoms with van der Waals surface area (Å²) in [6.07, 6.45) is 8.14. The van der Waals surface area contributed by atoms with E-state index in [0.717, 1.165) is 12.6 Å². The molecule has 0 aliphatic carbocycles. The Kier molecular flexibility index (Phi) is 8.67. The van der Waals surface area contributed by atoms with Crippen molar-refractivity contribution in [3.05, 3.63) is 0 Å². The van der Waals surface area contributed by atoms with Crippen LogP contribution in [0.2, 0.25) is 0 Å². The maximum absolute atomic E-state index is 3.65. The summed E-state index contributed by atoms with van der Waals surface area (Å²) in [5, 5.41) is 3.65. The minimum atomic E-state index is 0.675. The van der Waals surface area contributed by atoms with Gasteiger partial charge in [0.2, 0.25) is 0 Å². The van der Waals surface area contributed by atoms with E-state index in [0.29, 0.717) is 6.04 Å². The summed E-state index contributed by atoms with van der Waals surface area (Å²) in [4.78, 5) is 5.00. The van der Waals surface area contributed by atoms with Gasteiger partial charge < -0.3 is 15.1 Å². The van der Waals surface area contributed by atoms with Crippen LogP contribution in [0.15, 0.2) is 0 Å². The van der Waals surface area contributed by atoms with E-state index in [9.17, 15) is 0 Å². The predicted molar refractivity (Wildman–Crippen MR) is 84.8 cm³/mol. The first-order valence-electron chi connectivity index (χ1n) is 8.25. The van der Waals surface area contributed by atoms with Gasteiger partial charge in [-0.3, -0.25) is 0 Å². The Morgan fingerprint density at radius 2 is 2.16 bits per heavy atom. The number of likely N-dealkylation sites (N-methyl/N-ethyl adjacent to an activating group) is 2. The molecule has 2 unspecified atom stereocenters. The molecule has 19 heavy (non-hydrogen) atoms. The van der Waals surface area contributed by atoms with Crippen molar-refractivity contribution in [1.82, 2.24) is 15.1 Å². The van der Waals surface area contributed by atoms with Gasteiger partial charge >= 0.3 is 0 Å². The van der Waals surface area contributed by atoms with Crippen LogP contribution in [0, 0.1) is 0 Å². The van der Waals surface area contributed by atoms with E-state index in [1.807, 2.05) is 0 Å². The summed E-state index contributed by atoms with van der Waals surface area (Å²) in [5.41, 5.74) is 0. The van der Waals surface area contributed by atoms with Crippen molar-refractivity contribution < 1.29 is 0 Å². The molecule has 1 N–H and O–H groups in total. The third kappa shape index (κ3) is 7.28. The Bertz CT molecular complexity index is 220. The van der Waals surface area contributed by atoms with Gasteiger partial charge in [-0.2, -0.15) is 0 Å². The van der Waals surface area contributed by atoms with Gasteiger partial charge in [0.15, 0.2) is 0 Å². The summed E-state index contributed by atoms with van der Waals surface area (Å²) in [6.45, 7) is 9.39. The van der Waals surface area contributed by atoms with Crippen LogP contribution in [0.4, 0.5) is 0 Å². The van der Waals surface area contributed by atoms with E-state index in [-0.39, 0.29) is 0 Å². The van der Waals surface area contributed by atoms with Crippen LogP contribution in [0.3, 0.4) is 0 Å². The molecule has 1 rings (SSSR count). The first-order chi connectivity index (χ1) is 9.13. The highest BCUT2D eigenvalue weighted by Gasteiger charge is 2.21. The number of likely N-dealkylation sites (tertiary alicyclic amines) is 1. The average molecular weight is 269 g/mol. The maximum atomic E-state index is 3.65. The van der Waals surface area contributed by atoms with Crippen LogP contribution >= 0.6 is 0 Å². The summed E-state index contributed by atoms with van der Waals surface area (Å²) in [5.74, 6) is 0. The topological polar surface area (TPSA) is 18.5 Å². The molecule has 0 aromatic rings. The summed E-state index contributed by atoms with van der Waals surface area (Å²) >= 11 is 0. The van der Waals surface area contributed by atoms with Crippen molar-refractivity contribution in [1.29, 1.82) is 0 Å². The van der Waals surface area contributed by atoms with Crippen molar-refractivity contribution in [3.63, 3.8) is 0 Å². The van der Waals surface area contributed by atoms with Crippen LogP contribution < -0.4 is 5.32 Å². The summed E-state index contributed by atoms with van der Waals surface area (Å²) < 4.78 is 0. The largest absolute Gasteiger partial charge is 0.313 e. The van der Waals surface area contributed by atoms with Crippen molar-refractivity contribution in [2.45, 2.75) is 64.5 Å². The second-order valence-corrected chi connectivity index (χ2v) is 6.39. The van der Waals surface area contributed by atoms with E-state index >= 15 is 0 Å². The molecule has 3 nitrogen and oxygen atoms in total. The van der Waals surface area contributed by atoms with Gasteiger partial charge in [0.1, 0.15) is 0 Å². The van der Waals surface area contributed by atoms with Crippen molar-refractivity contribution in [2.75, 3.05) is 40.3 Å². The number of rotatable bonds is 10. The van der Waals surface area contributed by atoms with Gasteiger partial charge in [-0.1, -0.05) is 26.2 Å². The highest BCUT2D eigenvalue weighted by atomic mass is 15.2. The zero-order valence-electron chi connectivity index (χ0n) is 13.6. The highest BCUT2D eigenvalue weighted by molar-refractivity contribution is 4.79. The van der Waals surface area contributed by atoms with Crippen LogP contribution in [0.1, 0.15) is 52.4 Å². The van der Waals surface area contributed by atoms with Crippen LogP contribution in [-0.2, 0) is 0 Å². The van der Waals surface area contributed by atoms with E-state index in [1.165, 1.54) is 58.2 Å². The Morgan fingerprint density at radius 3 is 2.79 bits per heavy atom. The van der Waals surface area contributed by atoms with Gasteiger partial charge in [0.05, 0.1) is 0 Å². The molecule has 1 heterocycles. The van der Waals surface area contributed by atoms with Crippen molar-refractivity contribution in [3.8, 4) is 0 Å². The zero-order valence-corrected chi connectivity index (χ0v) is 13.6. The molecular weight excluding hydrogens is 234 g/mol. The molecule has 1 fully saturated rings. The third-order valence-corrected chi connectivity index (χ3v) is 4.42. The fourth-order valence-corrected chi connectivity index (χ4v) is 2.97. The second-order valence-electron chi connectivity index (χ2n) is 6.39. The van der Waals surface area contributed by atoms with E-state index in [1.54, 1.807) is 0 Å². The summed E-state index contributed by atoms with van der Waals surface area (Å²) in [6, 6.07) is 1.46. The smallest absolute Gasteiger partial charge is 0.0220 e. The minimum Gasteiger partial charge on any atom is -0.313 e. The molecule has 0 aromatic carbocycles. The van der Waals surface area contributed by atoms with Gasteiger partial charge in [0.25, 0.3) is 0 Å². The average Bonchev–Trinajstić information content (AvgIpc) is 2.75.